The molecule has 8 nitrogen and oxygen atoms in total. The smallest absolute Gasteiger partial charge is 0.223 e. The summed E-state index contributed by atoms with van der Waals surface area (Å²) in [7, 11) is 1.59. The highest BCUT2D eigenvalue weighted by Gasteiger charge is 2.31. The molecule has 29 heavy (non-hydrogen) atoms. The third-order valence-electron chi connectivity index (χ3n) is 4.86. The molecule has 3 aromatic heterocycles. The molecule has 2 atom stereocenters. The number of fused-ring (bicyclic) bond motifs is 1. The van der Waals surface area contributed by atoms with Gasteiger partial charge < -0.3 is 14.8 Å². The largest absolute Gasteiger partial charge is 0.481 e. The summed E-state index contributed by atoms with van der Waals surface area (Å²) in [5.74, 6) is 0.998. The molecule has 4 heterocycles. The van der Waals surface area contributed by atoms with E-state index in [-0.39, 0.29) is 12.0 Å². The molecule has 0 radical (unpaired) electrons. The maximum Gasteiger partial charge on any atom is 0.223 e. The number of amides is 1. The van der Waals surface area contributed by atoms with E-state index >= 15 is 0 Å². The predicted octanol–water partition coefficient (Wildman–Crippen LogP) is 3.10. The number of hydrogen-bond acceptors (Lipinski definition) is 8. The molecule has 152 valence electrons. The van der Waals surface area contributed by atoms with E-state index in [1.54, 1.807) is 7.11 Å². The summed E-state index contributed by atoms with van der Waals surface area (Å²) >= 11 is 1.50. The number of carbonyl (C=O) groups excluding carboxylic acids is 1. The standard InChI is InChI=1S/C20H23N5O3S/c1-12-8-15(10-25(12)11-16-9-21-20(29-16)22-13(2)26)28-18-7-5-14-4-6-17(27-3)23-19(14)24-18/h4-7,9,12,15H,8,10-11H2,1-3H3,(H,21,22,26). The van der Waals surface area contributed by atoms with Crippen LogP contribution in [0.5, 0.6) is 11.8 Å². The van der Waals surface area contributed by atoms with Gasteiger partial charge in [-0.25, -0.2) is 4.98 Å². The Morgan fingerprint density at radius 2 is 2.03 bits per heavy atom. The number of pyridine rings is 2. The number of methoxy groups -OCH3 is 1. The molecule has 1 aliphatic heterocycles. The summed E-state index contributed by atoms with van der Waals surface area (Å²) in [5, 5.41) is 4.31. The molecular weight excluding hydrogens is 390 g/mol. The molecular formula is C20H23N5O3S. The second-order valence-corrected chi connectivity index (χ2v) is 8.23. The molecule has 4 rings (SSSR count). The van der Waals surface area contributed by atoms with Crippen LogP contribution >= 0.6 is 11.3 Å². The number of rotatable bonds is 6. The quantitative estimate of drug-likeness (QED) is 0.664. The first-order valence-corrected chi connectivity index (χ1v) is 10.3. The fourth-order valence-corrected chi connectivity index (χ4v) is 4.34. The van der Waals surface area contributed by atoms with Gasteiger partial charge in [0.25, 0.3) is 0 Å². The third kappa shape index (κ3) is 4.63. The zero-order valence-corrected chi connectivity index (χ0v) is 17.4. The Morgan fingerprint density at radius 3 is 2.79 bits per heavy atom. The molecule has 0 bridgehead atoms. The van der Waals surface area contributed by atoms with E-state index < -0.39 is 0 Å². The van der Waals surface area contributed by atoms with Crippen molar-refractivity contribution in [1.29, 1.82) is 0 Å². The van der Waals surface area contributed by atoms with Crippen molar-refractivity contribution in [2.45, 2.75) is 39.0 Å². The van der Waals surface area contributed by atoms with E-state index in [0.717, 1.165) is 29.8 Å². The molecule has 1 saturated heterocycles. The molecule has 1 fully saturated rings. The van der Waals surface area contributed by atoms with Gasteiger partial charge in [0.15, 0.2) is 10.8 Å². The van der Waals surface area contributed by atoms with Crippen molar-refractivity contribution >= 4 is 33.4 Å². The molecule has 9 heteroatoms. The van der Waals surface area contributed by atoms with E-state index in [2.05, 4.69) is 32.1 Å². The Hall–Kier alpha value is -2.78. The van der Waals surface area contributed by atoms with Gasteiger partial charge in [-0.15, -0.1) is 11.3 Å². The molecule has 1 N–H and O–H groups in total. The minimum Gasteiger partial charge on any atom is -0.481 e. The van der Waals surface area contributed by atoms with Crippen molar-refractivity contribution in [3.05, 3.63) is 35.3 Å². The minimum atomic E-state index is -0.108. The third-order valence-corrected chi connectivity index (χ3v) is 5.76. The van der Waals surface area contributed by atoms with Gasteiger partial charge >= 0.3 is 0 Å². The van der Waals surface area contributed by atoms with Crippen molar-refractivity contribution in [2.24, 2.45) is 0 Å². The number of anilines is 1. The lowest BCUT2D eigenvalue weighted by atomic mass is 10.2. The topological polar surface area (TPSA) is 89.5 Å². The molecule has 1 aliphatic rings. The molecule has 0 spiro atoms. The Morgan fingerprint density at radius 1 is 1.28 bits per heavy atom. The number of thiazole rings is 1. The summed E-state index contributed by atoms with van der Waals surface area (Å²) in [5.41, 5.74) is 0.611. The van der Waals surface area contributed by atoms with E-state index in [1.807, 2.05) is 30.5 Å². The number of ether oxygens (including phenoxy) is 2. The van der Waals surface area contributed by atoms with Crippen LogP contribution in [0.15, 0.2) is 30.5 Å². The maximum atomic E-state index is 11.2. The Kier molecular flexibility index (Phi) is 5.59. The Balaban J connectivity index is 1.40. The highest BCUT2D eigenvalue weighted by Crippen LogP contribution is 2.27. The van der Waals surface area contributed by atoms with Crippen LogP contribution in [-0.4, -0.2) is 51.6 Å². The minimum absolute atomic E-state index is 0.0586. The van der Waals surface area contributed by atoms with Gasteiger partial charge in [-0.05, 0) is 19.1 Å². The van der Waals surface area contributed by atoms with Crippen LogP contribution in [0.25, 0.3) is 11.0 Å². The fourth-order valence-electron chi connectivity index (χ4n) is 3.45. The van der Waals surface area contributed by atoms with Gasteiger partial charge in [-0.2, -0.15) is 9.97 Å². The van der Waals surface area contributed by atoms with Crippen LogP contribution in [0.1, 0.15) is 25.1 Å². The van der Waals surface area contributed by atoms with Gasteiger partial charge in [0.05, 0.1) is 7.11 Å². The van der Waals surface area contributed by atoms with Gasteiger partial charge in [0.2, 0.25) is 17.7 Å². The number of hydrogen-bond donors (Lipinski definition) is 1. The second kappa shape index (κ2) is 8.30. The summed E-state index contributed by atoms with van der Waals surface area (Å²) < 4.78 is 11.3. The number of nitrogens with zero attached hydrogens (tertiary/aromatic N) is 4. The molecule has 1 amide bonds. The fraction of sp³-hybridized carbons (Fsp3) is 0.400. The molecule has 0 aliphatic carbocycles. The van der Waals surface area contributed by atoms with Crippen molar-refractivity contribution in [2.75, 3.05) is 19.0 Å². The van der Waals surface area contributed by atoms with Crippen LogP contribution in [0.3, 0.4) is 0 Å². The van der Waals surface area contributed by atoms with E-state index in [4.69, 9.17) is 9.47 Å². The number of carbonyl (C=O) groups is 1. The van der Waals surface area contributed by atoms with Gasteiger partial charge in [-0.3, -0.25) is 9.69 Å². The summed E-state index contributed by atoms with van der Waals surface area (Å²) in [6.45, 7) is 5.26. The average molecular weight is 414 g/mol. The summed E-state index contributed by atoms with van der Waals surface area (Å²) in [4.78, 5) is 27.8. The second-order valence-electron chi connectivity index (χ2n) is 7.12. The van der Waals surface area contributed by atoms with Crippen molar-refractivity contribution in [1.82, 2.24) is 19.9 Å². The predicted molar refractivity (Wildman–Crippen MR) is 111 cm³/mol. The monoisotopic (exact) mass is 413 g/mol. The van der Waals surface area contributed by atoms with E-state index in [9.17, 15) is 4.79 Å². The first-order valence-electron chi connectivity index (χ1n) is 9.45. The van der Waals surface area contributed by atoms with Crippen LogP contribution in [0, 0.1) is 0 Å². The number of likely N-dealkylation sites (tertiary alicyclic amines) is 1. The molecule has 2 unspecified atom stereocenters. The highest BCUT2D eigenvalue weighted by molar-refractivity contribution is 7.15. The summed E-state index contributed by atoms with van der Waals surface area (Å²) in [6.07, 6.45) is 2.80. The molecule has 3 aromatic rings. The number of aromatic nitrogens is 3. The molecule has 0 saturated carbocycles. The zero-order valence-electron chi connectivity index (χ0n) is 16.6. The van der Waals surface area contributed by atoms with Crippen molar-refractivity contribution in [3.63, 3.8) is 0 Å². The lowest BCUT2D eigenvalue weighted by Crippen LogP contribution is -2.27. The number of nitrogens with one attached hydrogen (secondary N) is 1. The summed E-state index contributed by atoms with van der Waals surface area (Å²) in [6, 6.07) is 7.97. The van der Waals surface area contributed by atoms with Gasteiger partial charge in [0, 0.05) is 61.1 Å². The first-order chi connectivity index (χ1) is 14.0. The van der Waals surface area contributed by atoms with Gasteiger partial charge in [-0.1, -0.05) is 0 Å². The maximum absolute atomic E-state index is 11.2. The SMILES string of the molecule is COc1ccc2ccc(OC3CC(C)N(Cc4cnc(NC(C)=O)s4)C3)nc2n1. The van der Waals surface area contributed by atoms with Crippen LogP contribution in [0.2, 0.25) is 0 Å². The van der Waals surface area contributed by atoms with E-state index in [1.165, 1.54) is 18.3 Å². The van der Waals surface area contributed by atoms with Crippen molar-refractivity contribution < 1.29 is 14.3 Å². The van der Waals surface area contributed by atoms with Crippen LogP contribution in [0.4, 0.5) is 5.13 Å². The molecule has 0 aromatic carbocycles. The zero-order chi connectivity index (χ0) is 20.4. The normalized spacial score (nSPS) is 19.4. The van der Waals surface area contributed by atoms with Crippen molar-refractivity contribution in [3.8, 4) is 11.8 Å². The lowest BCUT2D eigenvalue weighted by molar-refractivity contribution is -0.114. The average Bonchev–Trinajstić information content (AvgIpc) is 3.27. The lowest BCUT2D eigenvalue weighted by Gasteiger charge is -2.19. The highest BCUT2D eigenvalue weighted by atomic mass is 32.1. The van der Waals surface area contributed by atoms with Crippen LogP contribution < -0.4 is 14.8 Å². The first kappa shape index (κ1) is 19.5. The Labute approximate surface area is 172 Å². The Bertz CT molecular complexity index is 1020. The van der Waals surface area contributed by atoms with Crippen LogP contribution in [-0.2, 0) is 11.3 Å². The van der Waals surface area contributed by atoms with Gasteiger partial charge in [0.1, 0.15) is 6.10 Å². The van der Waals surface area contributed by atoms with E-state index in [0.29, 0.717) is 28.6 Å².